The number of hydrogen-bond donors (Lipinski definition) is 1. The maximum absolute atomic E-state index is 10.5. The number of carboxylic acids is 1. The zero-order valence-corrected chi connectivity index (χ0v) is 9.14. The molecule has 76 valence electrons. The van der Waals surface area contributed by atoms with Crippen LogP contribution in [-0.4, -0.2) is 36.1 Å². The van der Waals surface area contributed by atoms with Crippen LogP contribution in [0, 0.1) is 5.92 Å². The van der Waals surface area contributed by atoms with Gasteiger partial charge in [0.2, 0.25) is 0 Å². The van der Waals surface area contributed by atoms with Crippen LogP contribution in [0.4, 0.5) is 0 Å². The quantitative estimate of drug-likeness (QED) is 0.778. The number of likely N-dealkylation sites (N-methyl/N-ethyl adjacent to an activating group) is 1. The number of halogens is 2. The molecule has 1 atom stereocenters. The van der Waals surface area contributed by atoms with Crippen LogP contribution in [0.2, 0.25) is 0 Å². The summed E-state index contributed by atoms with van der Waals surface area (Å²) >= 11 is 11.0. The zero-order valence-electron chi connectivity index (χ0n) is 7.63. The molecule has 0 bridgehead atoms. The summed E-state index contributed by atoms with van der Waals surface area (Å²) in [5.74, 6) is -1.21. The van der Waals surface area contributed by atoms with Crippen LogP contribution in [-0.2, 0) is 4.79 Å². The average molecular weight is 226 g/mol. The standard InChI is InChI=1S/C8H13Cl2NO2/c1-6(8(12)13)4-11(2)5-7(10)3-9/h3,6H,4-5H2,1-2H3,(H,12,13). The lowest BCUT2D eigenvalue weighted by molar-refractivity contribution is -0.141. The molecule has 0 aliphatic carbocycles. The van der Waals surface area contributed by atoms with E-state index in [4.69, 9.17) is 28.3 Å². The van der Waals surface area contributed by atoms with E-state index in [2.05, 4.69) is 0 Å². The fraction of sp³-hybridized carbons (Fsp3) is 0.625. The smallest absolute Gasteiger partial charge is 0.307 e. The van der Waals surface area contributed by atoms with E-state index in [1.165, 1.54) is 5.54 Å². The number of rotatable bonds is 5. The van der Waals surface area contributed by atoms with E-state index in [0.717, 1.165) is 0 Å². The van der Waals surface area contributed by atoms with E-state index in [1.807, 2.05) is 0 Å². The van der Waals surface area contributed by atoms with Gasteiger partial charge in [-0.05, 0) is 7.05 Å². The normalized spacial score (nSPS) is 14.7. The molecule has 0 saturated heterocycles. The molecule has 0 aromatic heterocycles. The lowest BCUT2D eigenvalue weighted by Gasteiger charge is -2.17. The largest absolute Gasteiger partial charge is 0.481 e. The molecule has 0 fully saturated rings. The molecule has 0 heterocycles. The molecule has 0 aliphatic rings. The molecule has 0 saturated carbocycles. The van der Waals surface area contributed by atoms with Crippen LogP contribution in [0.15, 0.2) is 10.6 Å². The summed E-state index contributed by atoms with van der Waals surface area (Å²) in [7, 11) is 1.79. The molecule has 3 nitrogen and oxygen atoms in total. The Morgan fingerprint density at radius 2 is 2.23 bits per heavy atom. The summed E-state index contributed by atoms with van der Waals surface area (Å²) < 4.78 is 0. The van der Waals surface area contributed by atoms with Crippen molar-refractivity contribution in [2.75, 3.05) is 20.1 Å². The molecular weight excluding hydrogens is 213 g/mol. The Morgan fingerprint density at radius 1 is 1.69 bits per heavy atom. The van der Waals surface area contributed by atoms with Crippen molar-refractivity contribution < 1.29 is 9.90 Å². The van der Waals surface area contributed by atoms with Gasteiger partial charge in [0.25, 0.3) is 0 Å². The summed E-state index contributed by atoms with van der Waals surface area (Å²) in [6, 6.07) is 0. The number of carboxylic acid groups (broad SMARTS) is 1. The second-order valence-corrected chi connectivity index (χ2v) is 3.70. The Kier molecular flexibility index (Phi) is 6.12. The van der Waals surface area contributed by atoms with Gasteiger partial charge in [0.15, 0.2) is 0 Å². The molecule has 0 aromatic rings. The van der Waals surface area contributed by atoms with Crippen LogP contribution >= 0.6 is 23.2 Å². The third kappa shape index (κ3) is 5.91. The van der Waals surface area contributed by atoms with Gasteiger partial charge >= 0.3 is 5.97 Å². The van der Waals surface area contributed by atoms with Gasteiger partial charge in [-0.15, -0.1) is 0 Å². The van der Waals surface area contributed by atoms with Crippen molar-refractivity contribution in [2.45, 2.75) is 6.92 Å². The second-order valence-electron chi connectivity index (χ2n) is 2.99. The third-order valence-corrected chi connectivity index (χ3v) is 2.15. The number of nitrogens with zero attached hydrogens (tertiary/aromatic N) is 1. The molecule has 1 unspecified atom stereocenters. The Hall–Kier alpha value is -0.250. The molecule has 0 spiro atoms. The van der Waals surface area contributed by atoms with Crippen molar-refractivity contribution >= 4 is 29.2 Å². The SMILES string of the molecule is CC(CN(C)CC(Cl)=CCl)C(=O)O. The molecule has 5 heteroatoms. The highest BCUT2D eigenvalue weighted by Gasteiger charge is 2.13. The Balaban J connectivity index is 3.87. The zero-order chi connectivity index (χ0) is 10.4. The molecule has 0 aliphatic heterocycles. The first kappa shape index (κ1) is 12.8. The highest BCUT2D eigenvalue weighted by molar-refractivity contribution is 6.36. The van der Waals surface area contributed by atoms with Crippen LogP contribution in [0.5, 0.6) is 0 Å². The van der Waals surface area contributed by atoms with E-state index in [-0.39, 0.29) is 0 Å². The molecule has 0 rings (SSSR count). The van der Waals surface area contributed by atoms with Gasteiger partial charge in [0.05, 0.1) is 5.92 Å². The minimum Gasteiger partial charge on any atom is -0.481 e. The van der Waals surface area contributed by atoms with Crippen molar-refractivity contribution in [1.29, 1.82) is 0 Å². The Bertz CT molecular complexity index is 206. The van der Waals surface area contributed by atoms with Crippen LogP contribution < -0.4 is 0 Å². The maximum Gasteiger partial charge on any atom is 0.307 e. The van der Waals surface area contributed by atoms with E-state index < -0.39 is 11.9 Å². The summed E-state index contributed by atoms with van der Waals surface area (Å²) in [6.07, 6.45) is 0. The van der Waals surface area contributed by atoms with Crippen molar-refractivity contribution in [3.8, 4) is 0 Å². The summed E-state index contributed by atoms with van der Waals surface area (Å²) in [4.78, 5) is 12.3. The first-order valence-electron chi connectivity index (χ1n) is 3.83. The van der Waals surface area contributed by atoms with Gasteiger partial charge in [-0.3, -0.25) is 4.79 Å². The lowest BCUT2D eigenvalue weighted by atomic mass is 10.2. The van der Waals surface area contributed by atoms with Crippen molar-refractivity contribution in [1.82, 2.24) is 4.90 Å². The van der Waals surface area contributed by atoms with Gasteiger partial charge in [-0.1, -0.05) is 30.1 Å². The fourth-order valence-corrected chi connectivity index (χ4v) is 1.18. The maximum atomic E-state index is 10.5. The predicted octanol–water partition coefficient (Wildman–Crippen LogP) is 1.96. The molecule has 1 N–H and O–H groups in total. The van der Waals surface area contributed by atoms with Crippen molar-refractivity contribution in [3.05, 3.63) is 10.6 Å². The fourth-order valence-electron chi connectivity index (χ4n) is 0.903. The van der Waals surface area contributed by atoms with Crippen LogP contribution in [0.25, 0.3) is 0 Å². The van der Waals surface area contributed by atoms with E-state index in [1.54, 1.807) is 18.9 Å². The monoisotopic (exact) mass is 225 g/mol. The van der Waals surface area contributed by atoms with Gasteiger partial charge in [-0.25, -0.2) is 0 Å². The van der Waals surface area contributed by atoms with Gasteiger partial charge < -0.3 is 10.0 Å². The Labute approximate surface area is 87.9 Å². The van der Waals surface area contributed by atoms with E-state index in [9.17, 15) is 4.79 Å². The van der Waals surface area contributed by atoms with E-state index in [0.29, 0.717) is 18.1 Å². The molecule has 13 heavy (non-hydrogen) atoms. The first-order chi connectivity index (χ1) is 5.97. The summed E-state index contributed by atoms with van der Waals surface area (Å²) in [5, 5.41) is 9.12. The lowest BCUT2D eigenvalue weighted by Crippen LogP contribution is -2.29. The highest BCUT2D eigenvalue weighted by Crippen LogP contribution is 2.06. The molecule has 0 amide bonds. The van der Waals surface area contributed by atoms with Crippen LogP contribution in [0.1, 0.15) is 6.92 Å². The highest BCUT2D eigenvalue weighted by atomic mass is 35.5. The average Bonchev–Trinajstić information content (AvgIpc) is 2.03. The van der Waals surface area contributed by atoms with Crippen molar-refractivity contribution in [2.24, 2.45) is 5.92 Å². The topological polar surface area (TPSA) is 40.5 Å². The predicted molar refractivity (Wildman–Crippen MR) is 54.1 cm³/mol. The number of carbonyl (C=O) groups is 1. The third-order valence-electron chi connectivity index (χ3n) is 1.55. The van der Waals surface area contributed by atoms with Gasteiger partial charge in [0, 0.05) is 23.7 Å². The van der Waals surface area contributed by atoms with E-state index >= 15 is 0 Å². The molecule has 0 radical (unpaired) electrons. The first-order valence-corrected chi connectivity index (χ1v) is 4.65. The second kappa shape index (κ2) is 6.24. The Morgan fingerprint density at radius 3 is 2.62 bits per heavy atom. The molecular formula is C8H13Cl2NO2. The van der Waals surface area contributed by atoms with Crippen molar-refractivity contribution in [3.63, 3.8) is 0 Å². The van der Waals surface area contributed by atoms with Gasteiger partial charge in [0.1, 0.15) is 0 Å². The minimum atomic E-state index is -0.808. The number of aliphatic carboxylic acids is 1. The molecule has 0 aromatic carbocycles. The summed E-state index contributed by atoms with van der Waals surface area (Å²) in [6.45, 7) is 2.58. The summed E-state index contributed by atoms with van der Waals surface area (Å²) in [5.41, 5.74) is 1.28. The van der Waals surface area contributed by atoms with Gasteiger partial charge in [-0.2, -0.15) is 0 Å². The number of hydrogen-bond acceptors (Lipinski definition) is 2. The minimum absolute atomic E-state index is 0.398. The van der Waals surface area contributed by atoms with Crippen LogP contribution in [0.3, 0.4) is 0 Å².